The van der Waals surface area contributed by atoms with Crippen LogP contribution in [0.4, 0.5) is 0 Å². The van der Waals surface area contributed by atoms with E-state index in [1.807, 2.05) is 16.6 Å². The van der Waals surface area contributed by atoms with Gasteiger partial charge in [-0.1, -0.05) is 6.07 Å². The Morgan fingerprint density at radius 1 is 1.25 bits per heavy atom. The van der Waals surface area contributed by atoms with Crippen LogP contribution in [0, 0.1) is 0 Å². The molecule has 0 aromatic carbocycles. The fraction of sp³-hybridized carbons (Fsp3) is 0.500. The number of hydrogen-bond acceptors (Lipinski definition) is 5. The minimum atomic E-state index is 0.813. The van der Waals surface area contributed by atoms with Gasteiger partial charge in [0.1, 0.15) is 0 Å². The Hall–Kier alpha value is -1.53. The first-order valence-electron chi connectivity index (χ1n) is 5.52. The van der Waals surface area contributed by atoms with Crippen molar-refractivity contribution in [3.63, 3.8) is 0 Å². The van der Waals surface area contributed by atoms with E-state index < -0.39 is 0 Å². The van der Waals surface area contributed by atoms with Gasteiger partial charge in [0.2, 0.25) is 0 Å². The predicted molar refractivity (Wildman–Crippen MR) is 58.9 cm³/mol. The van der Waals surface area contributed by atoms with Gasteiger partial charge in [-0.2, -0.15) is 4.52 Å². The number of hydrogen-bond donors (Lipinski definition) is 1. The summed E-state index contributed by atoms with van der Waals surface area (Å²) < 4.78 is 1.81. The highest BCUT2D eigenvalue weighted by molar-refractivity contribution is 5.36. The van der Waals surface area contributed by atoms with Crippen LogP contribution in [0.5, 0.6) is 0 Å². The van der Waals surface area contributed by atoms with Crippen molar-refractivity contribution in [3.8, 4) is 0 Å². The summed E-state index contributed by atoms with van der Waals surface area (Å²) in [5, 5.41) is 15.0. The minimum Gasteiger partial charge on any atom is -0.314 e. The van der Waals surface area contributed by atoms with E-state index in [-0.39, 0.29) is 0 Å². The number of pyridine rings is 1. The largest absolute Gasteiger partial charge is 0.314 e. The number of nitrogens with zero attached hydrogens (tertiary/aromatic N) is 5. The van der Waals surface area contributed by atoms with Gasteiger partial charge in [-0.25, -0.2) is 0 Å². The summed E-state index contributed by atoms with van der Waals surface area (Å²) in [4.78, 5) is 2.41. The Balaban J connectivity index is 1.85. The van der Waals surface area contributed by atoms with Crippen molar-refractivity contribution in [3.05, 3.63) is 23.9 Å². The highest BCUT2D eigenvalue weighted by atomic mass is 15.5. The standard InChI is InChI=1S/C10H14N6/c1-2-9(8-15-6-4-11-5-7-15)16-10(3-1)12-13-14-16/h1-3,11H,4-8H2. The number of nitrogens with one attached hydrogen (secondary N) is 1. The SMILES string of the molecule is c1cc(CN2CCNCC2)n2nnnc2c1. The lowest BCUT2D eigenvalue weighted by Gasteiger charge is -2.26. The van der Waals surface area contributed by atoms with E-state index in [2.05, 4.69) is 31.8 Å². The molecule has 0 spiro atoms. The Kier molecular flexibility index (Phi) is 2.51. The zero-order valence-electron chi connectivity index (χ0n) is 9.00. The van der Waals surface area contributed by atoms with E-state index in [9.17, 15) is 0 Å². The molecule has 1 fully saturated rings. The van der Waals surface area contributed by atoms with Crippen molar-refractivity contribution in [2.24, 2.45) is 0 Å². The number of rotatable bonds is 2. The van der Waals surface area contributed by atoms with Crippen LogP contribution in [0.1, 0.15) is 5.69 Å². The second-order valence-corrected chi connectivity index (χ2v) is 3.99. The molecular weight excluding hydrogens is 204 g/mol. The summed E-state index contributed by atoms with van der Waals surface area (Å²) in [5.74, 6) is 0. The lowest BCUT2D eigenvalue weighted by molar-refractivity contribution is 0.229. The first-order valence-corrected chi connectivity index (χ1v) is 5.52. The van der Waals surface area contributed by atoms with Crippen molar-refractivity contribution >= 4 is 5.65 Å². The molecule has 1 saturated heterocycles. The lowest BCUT2D eigenvalue weighted by Crippen LogP contribution is -2.43. The molecule has 2 aromatic rings. The smallest absolute Gasteiger partial charge is 0.179 e. The fourth-order valence-electron chi connectivity index (χ4n) is 2.04. The summed E-state index contributed by atoms with van der Waals surface area (Å²) in [6.07, 6.45) is 0. The zero-order valence-corrected chi connectivity index (χ0v) is 9.00. The molecule has 0 radical (unpaired) electrons. The normalized spacial score (nSPS) is 18.0. The zero-order chi connectivity index (χ0) is 10.8. The number of tetrazole rings is 1. The van der Waals surface area contributed by atoms with Gasteiger partial charge in [-0.3, -0.25) is 4.90 Å². The van der Waals surface area contributed by atoms with Crippen molar-refractivity contribution in [1.29, 1.82) is 0 Å². The van der Waals surface area contributed by atoms with Gasteiger partial charge in [0.15, 0.2) is 5.65 Å². The third kappa shape index (κ3) is 1.77. The fourth-order valence-corrected chi connectivity index (χ4v) is 2.04. The monoisotopic (exact) mass is 218 g/mol. The first-order chi connectivity index (χ1) is 7.93. The van der Waals surface area contributed by atoms with E-state index in [1.54, 1.807) is 0 Å². The van der Waals surface area contributed by atoms with Crippen LogP contribution in [0.25, 0.3) is 5.65 Å². The van der Waals surface area contributed by atoms with Crippen LogP contribution >= 0.6 is 0 Å². The molecule has 2 aromatic heterocycles. The van der Waals surface area contributed by atoms with Gasteiger partial charge >= 0.3 is 0 Å². The molecule has 1 aliphatic heterocycles. The van der Waals surface area contributed by atoms with Crippen molar-refractivity contribution in [2.75, 3.05) is 26.2 Å². The van der Waals surface area contributed by atoms with Gasteiger partial charge in [0.25, 0.3) is 0 Å². The van der Waals surface area contributed by atoms with Gasteiger partial charge in [0, 0.05) is 32.7 Å². The van der Waals surface area contributed by atoms with Gasteiger partial charge in [-0.05, 0) is 22.6 Å². The number of aromatic nitrogens is 4. The van der Waals surface area contributed by atoms with Crippen molar-refractivity contribution < 1.29 is 0 Å². The molecule has 6 nitrogen and oxygen atoms in total. The van der Waals surface area contributed by atoms with Crippen LogP contribution in [0.3, 0.4) is 0 Å². The molecule has 0 atom stereocenters. The number of fused-ring (bicyclic) bond motifs is 1. The summed E-state index contributed by atoms with van der Waals surface area (Å²) >= 11 is 0. The van der Waals surface area contributed by atoms with Gasteiger partial charge in [-0.15, -0.1) is 5.10 Å². The van der Waals surface area contributed by atoms with Crippen LogP contribution in [-0.4, -0.2) is 51.1 Å². The molecule has 6 heteroatoms. The molecule has 16 heavy (non-hydrogen) atoms. The Morgan fingerprint density at radius 2 is 2.12 bits per heavy atom. The molecule has 0 saturated carbocycles. The second-order valence-electron chi connectivity index (χ2n) is 3.99. The van der Waals surface area contributed by atoms with Crippen LogP contribution < -0.4 is 5.32 Å². The van der Waals surface area contributed by atoms with Crippen LogP contribution in [0.2, 0.25) is 0 Å². The predicted octanol–water partition coefficient (Wildman–Crippen LogP) is -0.471. The summed E-state index contributed by atoms with van der Waals surface area (Å²) in [6, 6.07) is 6.00. The maximum atomic E-state index is 4.00. The quantitative estimate of drug-likeness (QED) is 0.738. The maximum absolute atomic E-state index is 4.00. The molecular formula is C10H14N6. The van der Waals surface area contributed by atoms with Crippen molar-refractivity contribution in [1.82, 2.24) is 30.3 Å². The molecule has 1 aliphatic rings. The molecule has 0 unspecified atom stereocenters. The topological polar surface area (TPSA) is 58.4 Å². The van der Waals surface area contributed by atoms with E-state index >= 15 is 0 Å². The molecule has 0 aliphatic carbocycles. The third-order valence-corrected chi connectivity index (χ3v) is 2.89. The summed E-state index contributed by atoms with van der Waals surface area (Å²) in [7, 11) is 0. The molecule has 0 amide bonds. The molecule has 3 rings (SSSR count). The average Bonchev–Trinajstić information content (AvgIpc) is 2.80. The maximum Gasteiger partial charge on any atom is 0.179 e. The highest BCUT2D eigenvalue weighted by Crippen LogP contribution is 2.06. The average molecular weight is 218 g/mol. The first kappa shape index (κ1) is 9.68. The Morgan fingerprint density at radius 3 is 3.00 bits per heavy atom. The summed E-state index contributed by atoms with van der Waals surface area (Å²) in [6.45, 7) is 5.19. The molecule has 1 N–H and O–H groups in total. The second kappa shape index (κ2) is 4.15. The Labute approximate surface area is 93.2 Å². The molecule has 84 valence electrons. The van der Waals surface area contributed by atoms with Crippen LogP contribution in [0.15, 0.2) is 18.2 Å². The third-order valence-electron chi connectivity index (χ3n) is 2.89. The minimum absolute atomic E-state index is 0.813. The van der Waals surface area contributed by atoms with Gasteiger partial charge < -0.3 is 5.32 Å². The van der Waals surface area contributed by atoms with E-state index in [1.165, 1.54) is 0 Å². The van der Waals surface area contributed by atoms with Crippen molar-refractivity contribution in [2.45, 2.75) is 6.54 Å². The van der Waals surface area contributed by atoms with Crippen LogP contribution in [-0.2, 0) is 6.54 Å². The van der Waals surface area contributed by atoms with E-state index in [0.29, 0.717) is 0 Å². The number of piperazine rings is 1. The van der Waals surface area contributed by atoms with E-state index in [0.717, 1.165) is 44.1 Å². The molecule has 3 heterocycles. The highest BCUT2D eigenvalue weighted by Gasteiger charge is 2.12. The van der Waals surface area contributed by atoms with E-state index in [4.69, 9.17) is 0 Å². The molecule has 0 bridgehead atoms. The van der Waals surface area contributed by atoms with Gasteiger partial charge in [0.05, 0.1) is 5.69 Å². The summed E-state index contributed by atoms with van der Waals surface area (Å²) in [5.41, 5.74) is 1.96. The Bertz CT molecular complexity index is 473. The lowest BCUT2D eigenvalue weighted by atomic mass is 10.3.